The van der Waals surface area contributed by atoms with Crippen molar-refractivity contribution < 1.29 is 4.74 Å². The van der Waals surface area contributed by atoms with E-state index in [2.05, 4.69) is 19.1 Å². The third-order valence-corrected chi connectivity index (χ3v) is 2.88. The number of nitrogens with two attached hydrogens (primary N) is 1. The van der Waals surface area contributed by atoms with Gasteiger partial charge in [0.15, 0.2) is 0 Å². The molecule has 0 spiro atoms. The molecule has 0 radical (unpaired) electrons. The average Bonchev–Trinajstić information content (AvgIpc) is 2.37. The Bertz CT molecular complexity index is 281. The lowest BCUT2D eigenvalue weighted by atomic mass is 10.1. The van der Waals surface area contributed by atoms with Crippen molar-refractivity contribution in [2.45, 2.75) is 45.4 Å². The third kappa shape index (κ3) is 6.32. The van der Waals surface area contributed by atoms with Gasteiger partial charge in [-0.15, -0.1) is 0 Å². The van der Waals surface area contributed by atoms with Gasteiger partial charge in [-0.1, -0.05) is 44.7 Å². The summed E-state index contributed by atoms with van der Waals surface area (Å²) in [5.74, 6) is 0.921. The molecule has 2 nitrogen and oxygen atoms in total. The summed E-state index contributed by atoms with van der Waals surface area (Å²) in [5, 5.41) is 0. The van der Waals surface area contributed by atoms with Crippen LogP contribution in [0.4, 0.5) is 0 Å². The first kappa shape index (κ1) is 14.0. The van der Waals surface area contributed by atoms with Crippen LogP contribution in [-0.2, 0) is 6.42 Å². The molecule has 2 heteroatoms. The number of unbranched alkanes of at least 4 members (excludes halogenated alkanes) is 4. The second-order valence-corrected chi connectivity index (χ2v) is 4.45. The molecule has 96 valence electrons. The Morgan fingerprint density at radius 1 is 1.00 bits per heavy atom. The molecule has 0 aliphatic heterocycles. The summed E-state index contributed by atoms with van der Waals surface area (Å²) in [7, 11) is 0. The standard InChI is InChI=1S/C15H25NO/c1-2-3-4-5-6-7-14-8-10-15(11-9-14)17-13-12-16/h8-11H,2-7,12-13,16H2,1H3. The maximum atomic E-state index is 5.44. The van der Waals surface area contributed by atoms with Gasteiger partial charge in [0.25, 0.3) is 0 Å². The van der Waals surface area contributed by atoms with Crippen LogP contribution < -0.4 is 10.5 Å². The number of benzene rings is 1. The normalized spacial score (nSPS) is 10.5. The van der Waals surface area contributed by atoms with Crippen LogP contribution in [0.1, 0.15) is 44.6 Å². The molecule has 17 heavy (non-hydrogen) atoms. The molecule has 0 amide bonds. The molecule has 0 aliphatic rings. The zero-order chi connectivity index (χ0) is 12.3. The number of aryl methyl sites for hydroxylation is 1. The van der Waals surface area contributed by atoms with Crippen LogP contribution in [0, 0.1) is 0 Å². The number of ether oxygens (including phenoxy) is 1. The molecular formula is C15H25NO. The molecular weight excluding hydrogens is 210 g/mol. The van der Waals surface area contributed by atoms with Crippen LogP contribution in [0.25, 0.3) is 0 Å². The van der Waals surface area contributed by atoms with Gasteiger partial charge in [0, 0.05) is 6.54 Å². The zero-order valence-corrected chi connectivity index (χ0v) is 11.0. The topological polar surface area (TPSA) is 35.2 Å². The van der Waals surface area contributed by atoms with Crippen molar-refractivity contribution in [1.82, 2.24) is 0 Å². The molecule has 0 aromatic heterocycles. The minimum Gasteiger partial charge on any atom is -0.492 e. The van der Waals surface area contributed by atoms with Gasteiger partial charge in [0.1, 0.15) is 12.4 Å². The van der Waals surface area contributed by atoms with Gasteiger partial charge >= 0.3 is 0 Å². The third-order valence-electron chi connectivity index (χ3n) is 2.88. The maximum Gasteiger partial charge on any atom is 0.119 e. The van der Waals surface area contributed by atoms with E-state index in [0.29, 0.717) is 13.2 Å². The van der Waals surface area contributed by atoms with Crippen LogP contribution in [-0.4, -0.2) is 13.2 Å². The lowest BCUT2D eigenvalue weighted by Gasteiger charge is -2.06. The second-order valence-electron chi connectivity index (χ2n) is 4.45. The maximum absolute atomic E-state index is 5.44. The Labute approximate surface area is 105 Å². The summed E-state index contributed by atoms with van der Waals surface area (Å²) in [4.78, 5) is 0. The largest absolute Gasteiger partial charge is 0.492 e. The predicted molar refractivity (Wildman–Crippen MR) is 73.5 cm³/mol. The van der Waals surface area contributed by atoms with Crippen molar-refractivity contribution in [2.24, 2.45) is 5.73 Å². The van der Waals surface area contributed by atoms with Gasteiger partial charge in [0.2, 0.25) is 0 Å². The lowest BCUT2D eigenvalue weighted by molar-refractivity contribution is 0.328. The van der Waals surface area contributed by atoms with Crippen LogP contribution in [0.5, 0.6) is 5.75 Å². The summed E-state index contributed by atoms with van der Waals surface area (Å²) in [6.07, 6.45) is 7.87. The van der Waals surface area contributed by atoms with E-state index in [-0.39, 0.29) is 0 Å². The molecule has 0 atom stereocenters. The van der Waals surface area contributed by atoms with E-state index in [9.17, 15) is 0 Å². The predicted octanol–water partition coefficient (Wildman–Crippen LogP) is 3.54. The van der Waals surface area contributed by atoms with Crippen LogP contribution in [0.3, 0.4) is 0 Å². The molecule has 1 rings (SSSR count). The van der Waals surface area contributed by atoms with Gasteiger partial charge in [-0.25, -0.2) is 0 Å². The first-order chi connectivity index (χ1) is 8.36. The number of hydrogen-bond acceptors (Lipinski definition) is 2. The minimum absolute atomic E-state index is 0.569. The molecule has 0 bridgehead atoms. The highest BCUT2D eigenvalue weighted by Crippen LogP contribution is 2.14. The van der Waals surface area contributed by atoms with Gasteiger partial charge in [-0.3, -0.25) is 0 Å². The molecule has 0 saturated heterocycles. The van der Waals surface area contributed by atoms with E-state index in [4.69, 9.17) is 10.5 Å². The van der Waals surface area contributed by atoms with Crippen molar-refractivity contribution in [1.29, 1.82) is 0 Å². The molecule has 2 N–H and O–H groups in total. The second kappa shape index (κ2) is 9.06. The highest BCUT2D eigenvalue weighted by molar-refractivity contribution is 5.27. The van der Waals surface area contributed by atoms with E-state index < -0.39 is 0 Å². The van der Waals surface area contributed by atoms with E-state index in [1.54, 1.807) is 0 Å². The Kier molecular flexibility index (Phi) is 7.48. The fourth-order valence-corrected chi connectivity index (χ4v) is 1.86. The van der Waals surface area contributed by atoms with Crippen LogP contribution >= 0.6 is 0 Å². The summed E-state index contributed by atoms with van der Waals surface area (Å²) in [5.41, 5.74) is 6.79. The van der Waals surface area contributed by atoms with Gasteiger partial charge in [0.05, 0.1) is 0 Å². The Morgan fingerprint density at radius 2 is 1.71 bits per heavy atom. The van der Waals surface area contributed by atoms with Gasteiger partial charge < -0.3 is 10.5 Å². The first-order valence-corrected chi connectivity index (χ1v) is 6.78. The van der Waals surface area contributed by atoms with E-state index >= 15 is 0 Å². The lowest BCUT2D eigenvalue weighted by Crippen LogP contribution is -2.10. The Hall–Kier alpha value is -1.02. The van der Waals surface area contributed by atoms with Gasteiger partial charge in [-0.2, -0.15) is 0 Å². The molecule has 1 aromatic rings. The highest BCUT2D eigenvalue weighted by Gasteiger charge is 1.96. The fourth-order valence-electron chi connectivity index (χ4n) is 1.86. The molecule has 0 unspecified atom stereocenters. The number of rotatable bonds is 9. The van der Waals surface area contributed by atoms with E-state index in [1.165, 1.54) is 44.1 Å². The summed E-state index contributed by atoms with van der Waals surface area (Å²) < 4.78 is 5.44. The molecule has 0 fully saturated rings. The van der Waals surface area contributed by atoms with Crippen molar-refractivity contribution in [3.8, 4) is 5.75 Å². The van der Waals surface area contributed by atoms with Gasteiger partial charge in [-0.05, 0) is 30.5 Å². The zero-order valence-electron chi connectivity index (χ0n) is 11.0. The van der Waals surface area contributed by atoms with Crippen molar-refractivity contribution >= 4 is 0 Å². The molecule has 0 aliphatic carbocycles. The first-order valence-electron chi connectivity index (χ1n) is 6.78. The average molecular weight is 235 g/mol. The molecule has 0 heterocycles. The van der Waals surface area contributed by atoms with Crippen LogP contribution in [0.2, 0.25) is 0 Å². The van der Waals surface area contributed by atoms with Crippen molar-refractivity contribution in [3.63, 3.8) is 0 Å². The summed E-state index contributed by atoms with van der Waals surface area (Å²) >= 11 is 0. The van der Waals surface area contributed by atoms with Crippen molar-refractivity contribution in [2.75, 3.05) is 13.2 Å². The Balaban J connectivity index is 2.20. The summed E-state index contributed by atoms with van der Waals surface area (Å²) in [6.45, 7) is 3.41. The molecule has 1 aromatic carbocycles. The SMILES string of the molecule is CCCCCCCc1ccc(OCCN)cc1. The van der Waals surface area contributed by atoms with Crippen molar-refractivity contribution in [3.05, 3.63) is 29.8 Å². The Morgan fingerprint density at radius 3 is 2.35 bits per heavy atom. The van der Waals surface area contributed by atoms with E-state index in [1.807, 2.05) is 12.1 Å². The smallest absolute Gasteiger partial charge is 0.119 e. The number of hydrogen-bond donors (Lipinski definition) is 1. The molecule has 0 saturated carbocycles. The highest BCUT2D eigenvalue weighted by atomic mass is 16.5. The quantitative estimate of drug-likeness (QED) is 0.664. The van der Waals surface area contributed by atoms with Crippen LogP contribution in [0.15, 0.2) is 24.3 Å². The monoisotopic (exact) mass is 235 g/mol. The fraction of sp³-hybridized carbons (Fsp3) is 0.600. The summed E-state index contributed by atoms with van der Waals surface area (Å²) in [6, 6.07) is 8.39. The minimum atomic E-state index is 0.569. The van der Waals surface area contributed by atoms with E-state index in [0.717, 1.165) is 5.75 Å².